The Hall–Kier alpha value is -6.38. The van der Waals surface area contributed by atoms with Crippen LogP contribution in [0.2, 0.25) is 0 Å². The number of para-hydroxylation sites is 2. The van der Waals surface area contributed by atoms with E-state index < -0.39 is 0 Å². The standard InChI is InChI=1S/C49H34N2/c1-49(2)40-24-10-9-20-38(40)45-41(49)30-43-48-46-37(36-21-11-14-31-15-12-23-39(44(31)36)47(45)48)22-13-25-42(46)51(43)35-28-26-34(27-29-35)50(32-16-5-3-6-17-32)33-18-7-4-8-19-33/h3-30H,1-2H3. The third-order valence-electron chi connectivity index (χ3n) is 11.5. The summed E-state index contributed by atoms with van der Waals surface area (Å²) in [6.07, 6.45) is 0. The fraction of sp³-hybridized carbons (Fsp3) is 0.0612. The molecule has 1 heterocycles. The molecule has 0 saturated heterocycles. The number of benzene rings is 8. The number of anilines is 3. The van der Waals surface area contributed by atoms with E-state index in [0.29, 0.717) is 0 Å². The molecular weight excluding hydrogens is 617 g/mol. The van der Waals surface area contributed by atoms with Crippen molar-refractivity contribution in [3.8, 4) is 39.1 Å². The Kier molecular flexibility index (Phi) is 5.76. The van der Waals surface area contributed by atoms with Gasteiger partial charge in [-0.3, -0.25) is 0 Å². The minimum Gasteiger partial charge on any atom is -0.311 e. The first kappa shape index (κ1) is 28.5. The van der Waals surface area contributed by atoms with E-state index >= 15 is 0 Å². The maximum Gasteiger partial charge on any atom is 0.0551 e. The third kappa shape index (κ3) is 3.82. The van der Waals surface area contributed by atoms with Crippen LogP contribution in [0.5, 0.6) is 0 Å². The van der Waals surface area contributed by atoms with E-state index in [1.807, 2.05) is 0 Å². The molecule has 0 unspecified atom stereocenters. The van der Waals surface area contributed by atoms with Crippen molar-refractivity contribution in [2.45, 2.75) is 19.3 Å². The summed E-state index contributed by atoms with van der Waals surface area (Å²) in [5.41, 5.74) is 17.7. The average Bonchev–Trinajstić information content (AvgIpc) is 3.58. The molecule has 1 aromatic heterocycles. The number of hydrogen-bond donors (Lipinski definition) is 0. The van der Waals surface area contributed by atoms with E-state index in [1.54, 1.807) is 0 Å². The normalized spacial score (nSPS) is 13.5. The van der Waals surface area contributed by atoms with Crippen LogP contribution >= 0.6 is 0 Å². The number of rotatable bonds is 4. The molecule has 2 heteroatoms. The molecule has 0 aliphatic heterocycles. The summed E-state index contributed by atoms with van der Waals surface area (Å²) in [6, 6.07) is 62.6. The molecule has 0 saturated carbocycles. The van der Waals surface area contributed by atoms with Crippen LogP contribution in [0.15, 0.2) is 170 Å². The quantitative estimate of drug-likeness (QED) is 0.184. The zero-order chi connectivity index (χ0) is 33.8. The average molecular weight is 651 g/mol. The van der Waals surface area contributed by atoms with Crippen molar-refractivity contribution in [3.05, 3.63) is 181 Å². The number of nitrogens with zero attached hydrogens (tertiary/aromatic N) is 2. The second-order valence-corrected chi connectivity index (χ2v) is 14.5. The first-order valence-electron chi connectivity index (χ1n) is 17.9. The van der Waals surface area contributed by atoms with Crippen LogP contribution in [-0.4, -0.2) is 4.57 Å². The van der Waals surface area contributed by atoms with Crippen LogP contribution in [0, 0.1) is 0 Å². The van der Waals surface area contributed by atoms with Crippen molar-refractivity contribution in [1.29, 1.82) is 0 Å². The summed E-state index contributed by atoms with van der Waals surface area (Å²) in [5.74, 6) is 0. The van der Waals surface area contributed by atoms with E-state index in [0.717, 1.165) is 22.7 Å². The molecule has 0 radical (unpaired) electrons. The maximum atomic E-state index is 2.52. The SMILES string of the molecule is CC1(C)c2ccccc2-c2c1cc1c3c2-c2cccc4cccc(c24)-c2cccc(c23)n1-c1ccc(N(c2ccccc2)c2ccccc2)cc1. The molecule has 2 aliphatic rings. The first-order chi connectivity index (χ1) is 25.1. The highest BCUT2D eigenvalue weighted by atomic mass is 15.1. The summed E-state index contributed by atoms with van der Waals surface area (Å²) in [5, 5.41) is 5.30. The van der Waals surface area contributed by atoms with Gasteiger partial charge in [-0.1, -0.05) is 123 Å². The largest absolute Gasteiger partial charge is 0.311 e. The van der Waals surface area contributed by atoms with Crippen LogP contribution in [0.4, 0.5) is 17.1 Å². The molecule has 8 aromatic carbocycles. The third-order valence-corrected chi connectivity index (χ3v) is 11.5. The summed E-state index contributed by atoms with van der Waals surface area (Å²) in [4.78, 5) is 2.33. The highest BCUT2D eigenvalue weighted by Gasteiger charge is 2.40. The Morgan fingerprint density at radius 2 is 0.980 bits per heavy atom. The van der Waals surface area contributed by atoms with Crippen LogP contribution < -0.4 is 4.90 Å². The fourth-order valence-corrected chi connectivity index (χ4v) is 9.28. The van der Waals surface area contributed by atoms with Gasteiger partial charge in [0.25, 0.3) is 0 Å². The monoisotopic (exact) mass is 650 g/mol. The summed E-state index contributed by atoms with van der Waals surface area (Å²) in [6.45, 7) is 4.80. The Bertz CT molecular complexity index is 2810. The Balaban J connectivity index is 1.24. The smallest absolute Gasteiger partial charge is 0.0551 e. The van der Waals surface area contributed by atoms with Crippen molar-refractivity contribution >= 4 is 49.6 Å². The molecule has 0 atom stereocenters. The Morgan fingerprint density at radius 3 is 1.69 bits per heavy atom. The van der Waals surface area contributed by atoms with E-state index in [1.165, 1.54) is 77.1 Å². The first-order valence-corrected chi connectivity index (χ1v) is 17.9. The van der Waals surface area contributed by atoms with Gasteiger partial charge in [-0.05, 0) is 110 Å². The molecule has 0 spiro atoms. The van der Waals surface area contributed by atoms with Crippen molar-refractivity contribution in [2.24, 2.45) is 0 Å². The zero-order valence-corrected chi connectivity index (χ0v) is 28.6. The minimum absolute atomic E-state index is 0.143. The van der Waals surface area contributed by atoms with Gasteiger partial charge in [0.15, 0.2) is 0 Å². The van der Waals surface area contributed by atoms with Gasteiger partial charge in [0.05, 0.1) is 11.0 Å². The lowest BCUT2D eigenvalue weighted by molar-refractivity contribution is 0.661. The predicted molar refractivity (Wildman–Crippen MR) is 215 cm³/mol. The molecule has 51 heavy (non-hydrogen) atoms. The molecule has 2 nitrogen and oxygen atoms in total. The predicted octanol–water partition coefficient (Wildman–Crippen LogP) is 13.4. The molecule has 0 N–H and O–H groups in total. The van der Waals surface area contributed by atoms with Crippen LogP contribution in [0.1, 0.15) is 25.0 Å². The molecule has 2 aliphatic carbocycles. The number of fused-ring (bicyclic) bond motifs is 6. The molecule has 11 rings (SSSR count). The summed E-state index contributed by atoms with van der Waals surface area (Å²) in [7, 11) is 0. The van der Waals surface area contributed by atoms with E-state index in [-0.39, 0.29) is 5.41 Å². The van der Waals surface area contributed by atoms with Gasteiger partial charge in [-0.15, -0.1) is 0 Å². The molecule has 0 amide bonds. The highest BCUT2D eigenvalue weighted by molar-refractivity contribution is 6.29. The van der Waals surface area contributed by atoms with Gasteiger partial charge in [-0.25, -0.2) is 0 Å². The van der Waals surface area contributed by atoms with Gasteiger partial charge < -0.3 is 9.47 Å². The molecule has 0 bridgehead atoms. The number of hydrogen-bond acceptors (Lipinski definition) is 1. The van der Waals surface area contributed by atoms with Gasteiger partial charge in [0, 0.05) is 44.5 Å². The molecule has 240 valence electrons. The van der Waals surface area contributed by atoms with Gasteiger partial charge in [0.2, 0.25) is 0 Å². The van der Waals surface area contributed by atoms with Crippen molar-refractivity contribution in [1.82, 2.24) is 4.57 Å². The second-order valence-electron chi connectivity index (χ2n) is 14.5. The van der Waals surface area contributed by atoms with Crippen LogP contribution in [-0.2, 0) is 5.41 Å². The van der Waals surface area contributed by atoms with Crippen molar-refractivity contribution < 1.29 is 0 Å². The minimum atomic E-state index is -0.143. The summed E-state index contributed by atoms with van der Waals surface area (Å²) < 4.78 is 2.52. The van der Waals surface area contributed by atoms with E-state index in [9.17, 15) is 0 Å². The lowest BCUT2D eigenvalue weighted by Gasteiger charge is -2.26. The van der Waals surface area contributed by atoms with E-state index in [4.69, 9.17) is 0 Å². The lowest BCUT2D eigenvalue weighted by Crippen LogP contribution is -2.15. The highest BCUT2D eigenvalue weighted by Crippen LogP contribution is 2.59. The topological polar surface area (TPSA) is 8.17 Å². The van der Waals surface area contributed by atoms with Gasteiger partial charge in [-0.2, -0.15) is 0 Å². The Morgan fingerprint density at radius 1 is 0.412 bits per heavy atom. The van der Waals surface area contributed by atoms with Gasteiger partial charge >= 0.3 is 0 Å². The molecular formula is C49H34N2. The molecule has 9 aromatic rings. The summed E-state index contributed by atoms with van der Waals surface area (Å²) >= 11 is 0. The fourth-order valence-electron chi connectivity index (χ4n) is 9.28. The second kappa shape index (κ2) is 10.3. The zero-order valence-electron chi connectivity index (χ0n) is 28.6. The van der Waals surface area contributed by atoms with Crippen molar-refractivity contribution in [2.75, 3.05) is 4.90 Å². The van der Waals surface area contributed by atoms with Crippen LogP contribution in [0.25, 0.3) is 71.6 Å². The molecule has 0 fully saturated rings. The lowest BCUT2D eigenvalue weighted by atomic mass is 9.81. The van der Waals surface area contributed by atoms with Gasteiger partial charge in [0.1, 0.15) is 0 Å². The van der Waals surface area contributed by atoms with Crippen molar-refractivity contribution in [3.63, 3.8) is 0 Å². The van der Waals surface area contributed by atoms with E-state index in [2.05, 4.69) is 193 Å². The van der Waals surface area contributed by atoms with Crippen LogP contribution in [0.3, 0.4) is 0 Å². The maximum absolute atomic E-state index is 2.52. The number of aromatic nitrogens is 1. The Labute approximate surface area is 297 Å².